The fraction of sp³-hybridized carbons (Fsp3) is 0.440. The second-order valence-corrected chi connectivity index (χ2v) is 7.75. The van der Waals surface area contributed by atoms with E-state index in [0.29, 0.717) is 22.4 Å². The zero-order valence-electron chi connectivity index (χ0n) is 18.4. The van der Waals surface area contributed by atoms with E-state index in [9.17, 15) is 9.18 Å². The number of carbonyl (C=O) groups is 1. The summed E-state index contributed by atoms with van der Waals surface area (Å²) in [6.45, 7) is 12.3. The van der Waals surface area contributed by atoms with Crippen molar-refractivity contribution in [2.45, 2.75) is 66.2 Å². The van der Waals surface area contributed by atoms with Crippen LogP contribution in [0.3, 0.4) is 0 Å². The molecule has 0 bridgehead atoms. The van der Waals surface area contributed by atoms with Crippen LogP contribution in [0.15, 0.2) is 30.3 Å². The van der Waals surface area contributed by atoms with Gasteiger partial charge >= 0.3 is 5.97 Å². The summed E-state index contributed by atoms with van der Waals surface area (Å²) in [7, 11) is 0. The monoisotopic (exact) mass is 397 g/mol. The number of benzene rings is 1. The maximum atomic E-state index is 14.9. The van der Waals surface area contributed by atoms with Crippen LogP contribution < -0.4 is 0 Å². The van der Waals surface area contributed by atoms with Gasteiger partial charge in [0.1, 0.15) is 5.82 Å². The summed E-state index contributed by atoms with van der Waals surface area (Å²) < 4.78 is 20.3. The minimum Gasteiger partial charge on any atom is -0.462 e. The lowest BCUT2D eigenvalue weighted by molar-refractivity contribution is 0.0525. The molecule has 0 saturated heterocycles. The van der Waals surface area contributed by atoms with Crippen molar-refractivity contribution in [3.63, 3.8) is 0 Å². The summed E-state index contributed by atoms with van der Waals surface area (Å²) in [5.74, 6) is -0.706. The van der Waals surface area contributed by atoms with Gasteiger partial charge in [-0.2, -0.15) is 0 Å². The van der Waals surface area contributed by atoms with Crippen LogP contribution in [0.1, 0.15) is 93.5 Å². The van der Waals surface area contributed by atoms with Crippen LogP contribution in [-0.4, -0.2) is 17.6 Å². The molecule has 3 nitrogen and oxygen atoms in total. The molecule has 1 aromatic carbocycles. The maximum Gasteiger partial charge on any atom is 0.340 e. The fourth-order valence-electron chi connectivity index (χ4n) is 3.38. The number of halogens is 1. The van der Waals surface area contributed by atoms with Crippen LogP contribution in [0.4, 0.5) is 4.39 Å². The molecular weight excluding hydrogens is 365 g/mol. The van der Waals surface area contributed by atoms with Gasteiger partial charge in [0.25, 0.3) is 0 Å². The number of aromatic nitrogens is 1. The summed E-state index contributed by atoms with van der Waals surface area (Å²) in [6, 6.07) is 6.59. The largest absolute Gasteiger partial charge is 0.462 e. The summed E-state index contributed by atoms with van der Waals surface area (Å²) in [4.78, 5) is 17.9. The predicted octanol–water partition coefficient (Wildman–Crippen LogP) is 7.12. The van der Waals surface area contributed by atoms with E-state index in [1.807, 2.05) is 19.9 Å². The highest BCUT2D eigenvalue weighted by Gasteiger charge is 2.28. The van der Waals surface area contributed by atoms with E-state index >= 15 is 0 Å². The van der Waals surface area contributed by atoms with Crippen molar-refractivity contribution in [2.75, 3.05) is 6.61 Å². The molecule has 29 heavy (non-hydrogen) atoms. The Morgan fingerprint density at radius 1 is 1.10 bits per heavy atom. The predicted molar refractivity (Wildman–Crippen MR) is 118 cm³/mol. The number of ether oxygens (including phenoxy) is 1. The van der Waals surface area contributed by atoms with Gasteiger partial charge in [0, 0.05) is 16.7 Å². The topological polar surface area (TPSA) is 39.2 Å². The average Bonchev–Trinajstić information content (AvgIpc) is 2.67. The molecule has 0 radical (unpaired) electrons. The Morgan fingerprint density at radius 2 is 1.76 bits per heavy atom. The van der Waals surface area contributed by atoms with Crippen LogP contribution in [0.5, 0.6) is 0 Å². The van der Waals surface area contributed by atoms with E-state index in [4.69, 9.17) is 9.72 Å². The molecule has 1 heterocycles. The van der Waals surface area contributed by atoms with E-state index in [2.05, 4.69) is 26.8 Å². The zero-order chi connectivity index (χ0) is 21.6. The third kappa shape index (κ3) is 5.11. The zero-order valence-corrected chi connectivity index (χ0v) is 18.4. The number of unbranched alkanes of at least 4 members (excludes halogenated alkanes) is 1. The van der Waals surface area contributed by atoms with Crippen molar-refractivity contribution < 1.29 is 13.9 Å². The smallest absolute Gasteiger partial charge is 0.340 e. The van der Waals surface area contributed by atoms with Gasteiger partial charge in [0.2, 0.25) is 0 Å². The van der Waals surface area contributed by atoms with Crippen LogP contribution in [-0.2, 0) is 4.74 Å². The second kappa shape index (κ2) is 10.3. The number of allylic oxidation sites excluding steroid dienone is 1. The first-order valence-electron chi connectivity index (χ1n) is 10.5. The number of rotatable bonds is 8. The van der Waals surface area contributed by atoms with Gasteiger partial charge < -0.3 is 4.74 Å². The molecule has 2 rings (SSSR count). The molecule has 1 aromatic heterocycles. The van der Waals surface area contributed by atoms with Gasteiger partial charge in [0.05, 0.1) is 23.6 Å². The summed E-state index contributed by atoms with van der Waals surface area (Å²) in [5, 5.41) is 0. The molecule has 0 saturated carbocycles. The summed E-state index contributed by atoms with van der Waals surface area (Å²) >= 11 is 0. The minimum absolute atomic E-state index is 0.00824. The van der Waals surface area contributed by atoms with Crippen LogP contribution in [0, 0.1) is 5.82 Å². The average molecular weight is 398 g/mol. The van der Waals surface area contributed by atoms with Gasteiger partial charge in [-0.1, -0.05) is 71.4 Å². The normalized spacial score (nSPS) is 11.6. The quantitative estimate of drug-likeness (QED) is 0.445. The molecule has 0 aliphatic rings. The standard InChI is InChI=1S/C25H32FNO2/c1-7-9-10-14-19-21(18-13-11-12-15-20(18)26)22(25(28)29-8-2)24(17(5)6)27-23(19)16(3)4/h10-17H,7-9H2,1-6H3. The molecule has 0 atom stereocenters. The molecular formula is C25H32FNO2. The summed E-state index contributed by atoms with van der Waals surface area (Å²) in [6.07, 6.45) is 5.96. The Morgan fingerprint density at radius 3 is 2.31 bits per heavy atom. The van der Waals surface area contributed by atoms with Crippen LogP contribution in [0.2, 0.25) is 0 Å². The number of hydrogen-bond acceptors (Lipinski definition) is 3. The van der Waals surface area contributed by atoms with Crippen molar-refractivity contribution in [3.8, 4) is 11.1 Å². The van der Waals surface area contributed by atoms with Gasteiger partial charge in [-0.25, -0.2) is 9.18 Å². The first kappa shape index (κ1) is 22.8. The molecule has 0 fully saturated rings. The van der Waals surface area contributed by atoms with Crippen molar-refractivity contribution in [2.24, 2.45) is 0 Å². The second-order valence-electron chi connectivity index (χ2n) is 7.75. The van der Waals surface area contributed by atoms with Gasteiger partial charge in [-0.05, 0) is 31.2 Å². The molecule has 156 valence electrons. The molecule has 0 unspecified atom stereocenters. The lowest BCUT2D eigenvalue weighted by Crippen LogP contribution is -2.17. The van der Waals surface area contributed by atoms with Gasteiger partial charge in [-0.15, -0.1) is 0 Å². The summed E-state index contributed by atoms with van der Waals surface area (Å²) in [5.41, 5.74) is 3.66. The van der Waals surface area contributed by atoms with Crippen molar-refractivity contribution in [1.82, 2.24) is 4.98 Å². The lowest BCUT2D eigenvalue weighted by Gasteiger charge is -2.23. The Balaban J connectivity index is 3.01. The first-order valence-corrected chi connectivity index (χ1v) is 10.5. The Bertz CT molecular complexity index is 885. The molecule has 0 amide bonds. The van der Waals surface area contributed by atoms with E-state index in [0.717, 1.165) is 24.1 Å². The third-order valence-electron chi connectivity index (χ3n) is 4.75. The SMILES string of the molecule is CCCC=Cc1c(C(C)C)nc(C(C)C)c(C(=O)OCC)c1-c1ccccc1F. The number of esters is 1. The fourth-order valence-corrected chi connectivity index (χ4v) is 3.38. The van der Waals surface area contributed by atoms with Gasteiger partial charge in [0.15, 0.2) is 0 Å². The highest BCUT2D eigenvalue weighted by atomic mass is 19.1. The molecule has 0 aliphatic carbocycles. The Labute approximate surface area is 174 Å². The third-order valence-corrected chi connectivity index (χ3v) is 4.75. The van der Waals surface area contributed by atoms with E-state index in [1.54, 1.807) is 25.1 Å². The number of carbonyl (C=O) groups excluding carboxylic acids is 1. The molecule has 0 spiro atoms. The molecule has 0 N–H and O–H groups in total. The van der Waals surface area contributed by atoms with Crippen molar-refractivity contribution in [3.05, 3.63) is 58.7 Å². The highest BCUT2D eigenvalue weighted by Crippen LogP contribution is 2.38. The number of hydrogen-bond donors (Lipinski definition) is 0. The van der Waals surface area contributed by atoms with Crippen LogP contribution in [0.25, 0.3) is 17.2 Å². The number of pyridine rings is 1. The Hall–Kier alpha value is -2.49. The van der Waals surface area contributed by atoms with E-state index in [1.165, 1.54) is 6.07 Å². The molecule has 0 aliphatic heterocycles. The maximum absolute atomic E-state index is 14.9. The first-order chi connectivity index (χ1) is 13.8. The van der Waals surface area contributed by atoms with Crippen molar-refractivity contribution in [1.29, 1.82) is 0 Å². The minimum atomic E-state index is -0.456. The Kier molecular flexibility index (Phi) is 8.12. The lowest BCUT2D eigenvalue weighted by atomic mass is 9.86. The molecule has 4 heteroatoms. The molecule has 2 aromatic rings. The van der Waals surface area contributed by atoms with E-state index in [-0.39, 0.29) is 24.3 Å². The van der Waals surface area contributed by atoms with E-state index < -0.39 is 5.97 Å². The van der Waals surface area contributed by atoms with Crippen molar-refractivity contribution >= 4 is 12.0 Å². The van der Waals surface area contributed by atoms with Crippen LogP contribution >= 0.6 is 0 Å². The highest BCUT2D eigenvalue weighted by molar-refractivity contribution is 6.01. The van der Waals surface area contributed by atoms with Gasteiger partial charge in [-0.3, -0.25) is 4.98 Å². The number of nitrogens with zero attached hydrogens (tertiary/aromatic N) is 1.